The lowest BCUT2D eigenvalue weighted by atomic mass is 10.2. The molecule has 2 rings (SSSR count). The Labute approximate surface area is 122 Å². The van der Waals surface area contributed by atoms with E-state index in [9.17, 15) is 8.42 Å². The quantitative estimate of drug-likeness (QED) is 0.926. The molecule has 0 aromatic heterocycles. The number of benzene rings is 2. The van der Waals surface area contributed by atoms with E-state index in [1.165, 1.54) is 12.1 Å². The summed E-state index contributed by atoms with van der Waals surface area (Å²) >= 11 is 11.7. The van der Waals surface area contributed by atoms with Crippen molar-refractivity contribution in [1.82, 2.24) is 0 Å². The predicted octanol–water partition coefficient (Wildman–Crippen LogP) is 4.10. The van der Waals surface area contributed by atoms with Crippen LogP contribution in [0.3, 0.4) is 0 Å². The first-order valence-electron chi connectivity index (χ1n) is 5.43. The minimum atomic E-state index is -3.66. The Morgan fingerprint density at radius 2 is 1.79 bits per heavy atom. The van der Waals surface area contributed by atoms with Gasteiger partial charge in [-0.3, -0.25) is 4.72 Å². The van der Waals surface area contributed by atoms with Crippen LogP contribution in [0, 0.1) is 6.92 Å². The van der Waals surface area contributed by atoms with Crippen molar-refractivity contribution < 1.29 is 8.42 Å². The molecule has 0 bridgehead atoms. The Morgan fingerprint density at radius 1 is 1.05 bits per heavy atom. The van der Waals surface area contributed by atoms with E-state index in [-0.39, 0.29) is 4.90 Å². The molecule has 0 aliphatic rings. The molecule has 100 valence electrons. The molecule has 0 unspecified atom stereocenters. The predicted molar refractivity (Wildman–Crippen MR) is 78.4 cm³/mol. The van der Waals surface area contributed by atoms with Gasteiger partial charge in [0, 0.05) is 10.0 Å². The smallest absolute Gasteiger partial charge is 0.261 e. The zero-order valence-corrected chi connectivity index (χ0v) is 12.4. The zero-order chi connectivity index (χ0) is 14.0. The molecule has 3 nitrogen and oxygen atoms in total. The van der Waals surface area contributed by atoms with Crippen molar-refractivity contribution in [2.24, 2.45) is 0 Å². The number of nitrogens with one attached hydrogen (secondary N) is 1. The Balaban J connectivity index is 2.33. The van der Waals surface area contributed by atoms with Crippen LogP contribution in [0.4, 0.5) is 5.69 Å². The number of hydrogen-bond donors (Lipinski definition) is 1. The molecule has 2 aromatic carbocycles. The Kier molecular flexibility index (Phi) is 4.04. The molecule has 1 N–H and O–H groups in total. The van der Waals surface area contributed by atoms with Crippen molar-refractivity contribution in [3.63, 3.8) is 0 Å². The first-order chi connectivity index (χ1) is 8.88. The fraction of sp³-hybridized carbons (Fsp3) is 0.0769. The number of rotatable bonds is 3. The van der Waals surface area contributed by atoms with Crippen molar-refractivity contribution in [3.8, 4) is 0 Å². The summed E-state index contributed by atoms with van der Waals surface area (Å²) < 4.78 is 26.7. The monoisotopic (exact) mass is 315 g/mol. The number of halogens is 2. The maximum absolute atomic E-state index is 12.1. The lowest BCUT2D eigenvalue weighted by molar-refractivity contribution is 0.601. The van der Waals surface area contributed by atoms with E-state index in [1.807, 2.05) is 6.92 Å². The standard InChI is InChI=1S/C13H11Cl2NO2S/c1-9-5-6-11(8-13(9)15)16-19(17,18)12-4-2-3-10(14)7-12/h2-8,16H,1H3. The number of aryl methyl sites for hydroxylation is 1. The van der Waals surface area contributed by atoms with Crippen molar-refractivity contribution in [3.05, 3.63) is 58.1 Å². The van der Waals surface area contributed by atoms with E-state index in [0.29, 0.717) is 15.7 Å². The van der Waals surface area contributed by atoms with Gasteiger partial charge in [-0.05, 0) is 42.8 Å². The molecule has 0 atom stereocenters. The van der Waals surface area contributed by atoms with Crippen LogP contribution in [0.15, 0.2) is 47.4 Å². The van der Waals surface area contributed by atoms with Crippen molar-refractivity contribution in [1.29, 1.82) is 0 Å². The molecule has 2 aromatic rings. The molecule has 0 aliphatic heterocycles. The summed E-state index contributed by atoms with van der Waals surface area (Å²) in [5.74, 6) is 0. The van der Waals surface area contributed by atoms with Crippen LogP contribution in [-0.2, 0) is 10.0 Å². The molecule has 0 heterocycles. The molecule has 0 amide bonds. The second-order valence-corrected chi connectivity index (χ2v) is 6.55. The number of anilines is 1. The summed E-state index contributed by atoms with van der Waals surface area (Å²) in [4.78, 5) is 0.108. The van der Waals surface area contributed by atoms with E-state index in [0.717, 1.165) is 5.56 Å². The highest BCUT2D eigenvalue weighted by molar-refractivity contribution is 7.92. The van der Waals surface area contributed by atoms with Crippen LogP contribution >= 0.6 is 23.2 Å². The highest BCUT2D eigenvalue weighted by Gasteiger charge is 2.14. The van der Waals surface area contributed by atoms with E-state index in [4.69, 9.17) is 23.2 Å². The maximum Gasteiger partial charge on any atom is 0.261 e. The summed E-state index contributed by atoms with van der Waals surface area (Å²) in [6, 6.07) is 11.0. The lowest BCUT2D eigenvalue weighted by Crippen LogP contribution is -2.12. The number of hydrogen-bond acceptors (Lipinski definition) is 2. The van der Waals surface area contributed by atoms with E-state index < -0.39 is 10.0 Å². The zero-order valence-electron chi connectivity index (χ0n) is 10.0. The molecule has 0 aliphatic carbocycles. The minimum Gasteiger partial charge on any atom is -0.280 e. The summed E-state index contributed by atoms with van der Waals surface area (Å²) in [7, 11) is -3.66. The van der Waals surface area contributed by atoms with Crippen LogP contribution in [-0.4, -0.2) is 8.42 Å². The summed E-state index contributed by atoms with van der Waals surface area (Å²) in [6.07, 6.45) is 0. The van der Waals surface area contributed by atoms with Crippen LogP contribution in [0.2, 0.25) is 10.0 Å². The third kappa shape index (κ3) is 3.41. The highest BCUT2D eigenvalue weighted by atomic mass is 35.5. The Bertz CT molecular complexity index is 714. The van der Waals surface area contributed by atoms with Gasteiger partial charge in [0.2, 0.25) is 0 Å². The molecule has 0 saturated heterocycles. The van der Waals surface area contributed by atoms with Gasteiger partial charge in [-0.1, -0.05) is 35.3 Å². The summed E-state index contributed by atoms with van der Waals surface area (Å²) in [6.45, 7) is 1.84. The summed E-state index contributed by atoms with van der Waals surface area (Å²) in [5.41, 5.74) is 1.29. The van der Waals surface area contributed by atoms with Gasteiger partial charge in [0.15, 0.2) is 0 Å². The molecule has 6 heteroatoms. The SMILES string of the molecule is Cc1ccc(NS(=O)(=O)c2cccc(Cl)c2)cc1Cl. The van der Waals surface area contributed by atoms with Gasteiger partial charge in [-0.2, -0.15) is 0 Å². The van der Waals surface area contributed by atoms with Gasteiger partial charge in [0.25, 0.3) is 10.0 Å². The minimum absolute atomic E-state index is 0.108. The van der Waals surface area contributed by atoms with Crippen LogP contribution in [0.5, 0.6) is 0 Å². The fourth-order valence-electron chi connectivity index (χ4n) is 1.50. The molecule has 0 spiro atoms. The van der Waals surface area contributed by atoms with Gasteiger partial charge in [-0.25, -0.2) is 8.42 Å². The highest BCUT2D eigenvalue weighted by Crippen LogP contribution is 2.23. The Morgan fingerprint density at radius 3 is 2.42 bits per heavy atom. The summed E-state index contributed by atoms with van der Waals surface area (Å²) in [5, 5.41) is 0.871. The fourth-order valence-corrected chi connectivity index (χ4v) is 3.04. The van der Waals surface area contributed by atoms with E-state index in [2.05, 4.69) is 4.72 Å². The second-order valence-electron chi connectivity index (χ2n) is 4.03. The molecular formula is C13H11Cl2NO2S. The molecule has 0 radical (unpaired) electrons. The van der Waals surface area contributed by atoms with Crippen molar-refractivity contribution in [2.45, 2.75) is 11.8 Å². The van der Waals surface area contributed by atoms with Crippen LogP contribution in [0.25, 0.3) is 0 Å². The average molecular weight is 316 g/mol. The normalized spacial score (nSPS) is 11.3. The lowest BCUT2D eigenvalue weighted by Gasteiger charge is -2.09. The van der Waals surface area contributed by atoms with Gasteiger partial charge < -0.3 is 0 Å². The third-order valence-corrected chi connectivity index (χ3v) is 4.55. The molecular weight excluding hydrogens is 305 g/mol. The van der Waals surface area contributed by atoms with Gasteiger partial charge in [0.1, 0.15) is 0 Å². The van der Waals surface area contributed by atoms with Gasteiger partial charge in [0.05, 0.1) is 10.6 Å². The Hall–Kier alpha value is -1.23. The topological polar surface area (TPSA) is 46.2 Å². The third-order valence-electron chi connectivity index (χ3n) is 2.53. The van der Waals surface area contributed by atoms with Crippen molar-refractivity contribution >= 4 is 38.9 Å². The molecule has 0 fully saturated rings. The van der Waals surface area contributed by atoms with Crippen molar-refractivity contribution in [2.75, 3.05) is 4.72 Å². The first kappa shape index (κ1) is 14.2. The van der Waals surface area contributed by atoms with E-state index >= 15 is 0 Å². The maximum atomic E-state index is 12.1. The van der Waals surface area contributed by atoms with Crippen LogP contribution in [0.1, 0.15) is 5.56 Å². The average Bonchev–Trinajstić information content (AvgIpc) is 2.33. The van der Waals surface area contributed by atoms with Gasteiger partial charge >= 0.3 is 0 Å². The largest absolute Gasteiger partial charge is 0.280 e. The first-order valence-corrected chi connectivity index (χ1v) is 7.67. The second kappa shape index (κ2) is 5.41. The van der Waals surface area contributed by atoms with Gasteiger partial charge in [-0.15, -0.1) is 0 Å². The molecule has 19 heavy (non-hydrogen) atoms. The van der Waals surface area contributed by atoms with Crippen LogP contribution < -0.4 is 4.72 Å². The number of sulfonamides is 1. The van der Waals surface area contributed by atoms with E-state index in [1.54, 1.807) is 30.3 Å². The molecule has 0 saturated carbocycles.